The first-order valence-corrected chi connectivity index (χ1v) is 4.91. The van der Waals surface area contributed by atoms with Crippen molar-refractivity contribution >= 4 is 5.78 Å². The molecule has 0 saturated carbocycles. The van der Waals surface area contributed by atoms with Crippen molar-refractivity contribution in [1.29, 1.82) is 0 Å². The molecule has 4 heteroatoms. The molecule has 0 aliphatic heterocycles. The monoisotopic (exact) mass is 228 g/mol. The Hall–Kier alpha value is -1.45. The lowest BCUT2D eigenvalue weighted by molar-refractivity contribution is -0.0502. The van der Waals surface area contributed by atoms with Crippen LogP contribution in [0.3, 0.4) is 0 Å². The number of para-hydroxylation sites is 1. The first-order chi connectivity index (χ1) is 7.32. The van der Waals surface area contributed by atoms with Gasteiger partial charge in [0.1, 0.15) is 5.75 Å². The lowest BCUT2D eigenvalue weighted by Gasteiger charge is -2.18. The summed E-state index contributed by atoms with van der Waals surface area (Å²) in [6.07, 6.45) is 0. The molecule has 1 aromatic rings. The molecule has 0 unspecified atom stereocenters. The molecular weight excluding hydrogens is 214 g/mol. The Bertz CT molecular complexity index is 381. The van der Waals surface area contributed by atoms with Crippen molar-refractivity contribution in [2.75, 3.05) is 0 Å². The van der Waals surface area contributed by atoms with Crippen LogP contribution in [0.1, 0.15) is 31.1 Å². The number of halogens is 2. The molecule has 0 aromatic heterocycles. The van der Waals surface area contributed by atoms with Crippen LogP contribution in [-0.2, 0) is 0 Å². The molecule has 0 spiro atoms. The Morgan fingerprint density at radius 1 is 1.25 bits per heavy atom. The first-order valence-electron chi connectivity index (χ1n) is 4.91. The van der Waals surface area contributed by atoms with Crippen molar-refractivity contribution in [2.45, 2.75) is 27.4 Å². The Morgan fingerprint density at radius 2 is 1.81 bits per heavy atom. The third-order valence-electron chi connectivity index (χ3n) is 2.03. The van der Waals surface area contributed by atoms with Crippen molar-refractivity contribution in [3.63, 3.8) is 0 Å². The van der Waals surface area contributed by atoms with Crippen molar-refractivity contribution in [2.24, 2.45) is 5.41 Å². The molecule has 16 heavy (non-hydrogen) atoms. The minimum absolute atomic E-state index is 0.0718. The third kappa shape index (κ3) is 3.02. The largest absolute Gasteiger partial charge is 0.434 e. The van der Waals surface area contributed by atoms with E-state index in [0.29, 0.717) is 0 Å². The molecule has 0 radical (unpaired) electrons. The maximum absolute atomic E-state index is 12.1. The highest BCUT2D eigenvalue weighted by Gasteiger charge is 2.26. The van der Waals surface area contributed by atoms with Crippen molar-refractivity contribution in [3.05, 3.63) is 29.8 Å². The van der Waals surface area contributed by atoms with Gasteiger partial charge in [0.2, 0.25) is 0 Å². The van der Waals surface area contributed by atoms with Gasteiger partial charge in [0.25, 0.3) is 0 Å². The van der Waals surface area contributed by atoms with E-state index < -0.39 is 12.0 Å². The molecular formula is C12H14F2O2. The van der Waals surface area contributed by atoms with Gasteiger partial charge >= 0.3 is 6.61 Å². The number of hydrogen-bond donors (Lipinski definition) is 0. The molecule has 1 aromatic carbocycles. The van der Waals surface area contributed by atoms with Gasteiger partial charge in [0.05, 0.1) is 5.56 Å². The minimum atomic E-state index is -2.92. The van der Waals surface area contributed by atoms with Crippen molar-refractivity contribution in [3.8, 4) is 5.75 Å². The smallest absolute Gasteiger partial charge is 0.387 e. The topological polar surface area (TPSA) is 26.3 Å². The number of benzene rings is 1. The summed E-state index contributed by atoms with van der Waals surface area (Å²) in [5.41, 5.74) is -0.433. The number of Topliss-reactive ketones (excluding diaryl/α,β-unsaturated/α-hetero) is 1. The second kappa shape index (κ2) is 4.60. The second-order valence-corrected chi connectivity index (χ2v) is 4.45. The van der Waals surface area contributed by atoms with E-state index in [1.54, 1.807) is 32.9 Å². The highest BCUT2D eigenvalue weighted by atomic mass is 19.3. The van der Waals surface area contributed by atoms with Gasteiger partial charge in [-0.1, -0.05) is 32.9 Å². The Kier molecular flexibility index (Phi) is 3.62. The van der Waals surface area contributed by atoms with Crippen LogP contribution in [0.15, 0.2) is 24.3 Å². The van der Waals surface area contributed by atoms with Gasteiger partial charge in [0, 0.05) is 5.41 Å². The average molecular weight is 228 g/mol. The number of ether oxygens (including phenoxy) is 1. The number of carbonyl (C=O) groups excluding carboxylic acids is 1. The Morgan fingerprint density at radius 3 is 2.31 bits per heavy atom. The van der Waals surface area contributed by atoms with E-state index in [0.717, 1.165) is 0 Å². The molecule has 88 valence electrons. The number of alkyl halides is 2. The molecule has 0 aliphatic rings. The SMILES string of the molecule is CC(C)(C)C(=O)c1ccccc1OC(F)F. The minimum Gasteiger partial charge on any atom is -0.434 e. The van der Waals surface area contributed by atoms with Crippen LogP contribution in [0, 0.1) is 5.41 Å². The van der Waals surface area contributed by atoms with Crippen LogP contribution >= 0.6 is 0 Å². The van der Waals surface area contributed by atoms with E-state index >= 15 is 0 Å². The molecule has 0 bridgehead atoms. The average Bonchev–Trinajstić information content (AvgIpc) is 2.15. The van der Waals surface area contributed by atoms with Crippen LogP contribution < -0.4 is 4.74 Å². The molecule has 1 rings (SSSR count). The molecule has 0 N–H and O–H groups in total. The highest BCUT2D eigenvalue weighted by molar-refractivity contribution is 6.02. The van der Waals surface area contributed by atoms with E-state index in [9.17, 15) is 13.6 Å². The molecule has 0 fully saturated rings. The first kappa shape index (κ1) is 12.6. The fourth-order valence-electron chi connectivity index (χ4n) is 1.26. The summed E-state index contributed by atoms with van der Waals surface area (Å²) in [5.74, 6) is -0.291. The highest BCUT2D eigenvalue weighted by Crippen LogP contribution is 2.28. The number of rotatable bonds is 3. The molecule has 0 aliphatic carbocycles. The van der Waals surface area contributed by atoms with E-state index in [4.69, 9.17) is 0 Å². The third-order valence-corrected chi connectivity index (χ3v) is 2.03. The van der Waals surface area contributed by atoms with Gasteiger partial charge in [-0.3, -0.25) is 4.79 Å². The van der Waals surface area contributed by atoms with Gasteiger partial charge < -0.3 is 4.74 Å². The lowest BCUT2D eigenvalue weighted by Crippen LogP contribution is -2.21. The summed E-state index contributed by atoms with van der Waals surface area (Å²) in [6, 6.07) is 6.03. The fourth-order valence-corrected chi connectivity index (χ4v) is 1.26. The summed E-state index contributed by atoms with van der Waals surface area (Å²) in [7, 11) is 0. The normalized spacial score (nSPS) is 11.6. The van der Waals surface area contributed by atoms with Crippen LogP contribution in [0.25, 0.3) is 0 Å². The van der Waals surface area contributed by atoms with Crippen LogP contribution in [0.4, 0.5) is 8.78 Å². The maximum Gasteiger partial charge on any atom is 0.387 e. The molecule has 0 atom stereocenters. The second-order valence-electron chi connectivity index (χ2n) is 4.45. The maximum atomic E-state index is 12.1. The quantitative estimate of drug-likeness (QED) is 0.740. The van der Waals surface area contributed by atoms with E-state index in [1.807, 2.05) is 0 Å². The van der Waals surface area contributed by atoms with Crippen LogP contribution in [-0.4, -0.2) is 12.4 Å². The number of hydrogen-bond acceptors (Lipinski definition) is 2. The Labute approximate surface area is 93.2 Å². The van der Waals surface area contributed by atoms with E-state index in [-0.39, 0.29) is 17.1 Å². The number of carbonyl (C=O) groups is 1. The van der Waals surface area contributed by atoms with Gasteiger partial charge in [0.15, 0.2) is 5.78 Å². The Balaban J connectivity index is 3.09. The van der Waals surface area contributed by atoms with Crippen molar-refractivity contribution < 1.29 is 18.3 Å². The summed E-state index contributed by atoms with van der Waals surface area (Å²) in [4.78, 5) is 11.9. The molecule has 0 saturated heterocycles. The van der Waals surface area contributed by atoms with Gasteiger partial charge in [-0.2, -0.15) is 8.78 Å². The standard InChI is InChI=1S/C12H14F2O2/c1-12(2,3)10(15)8-6-4-5-7-9(8)16-11(13)14/h4-7,11H,1-3H3. The van der Waals surface area contributed by atoms with Crippen LogP contribution in [0.2, 0.25) is 0 Å². The zero-order valence-corrected chi connectivity index (χ0v) is 9.46. The predicted molar refractivity (Wildman–Crippen MR) is 56.9 cm³/mol. The summed E-state index contributed by atoms with van der Waals surface area (Å²) in [5, 5.41) is 0. The fraction of sp³-hybridized carbons (Fsp3) is 0.417. The lowest BCUT2D eigenvalue weighted by atomic mass is 9.86. The molecule has 0 heterocycles. The predicted octanol–water partition coefficient (Wildman–Crippen LogP) is 3.52. The van der Waals surface area contributed by atoms with Gasteiger partial charge in [-0.05, 0) is 12.1 Å². The van der Waals surface area contributed by atoms with Crippen LogP contribution in [0.5, 0.6) is 5.75 Å². The van der Waals surface area contributed by atoms with Gasteiger partial charge in [-0.25, -0.2) is 0 Å². The van der Waals surface area contributed by atoms with E-state index in [1.165, 1.54) is 12.1 Å². The van der Waals surface area contributed by atoms with E-state index in [2.05, 4.69) is 4.74 Å². The van der Waals surface area contributed by atoms with Crippen molar-refractivity contribution in [1.82, 2.24) is 0 Å². The zero-order chi connectivity index (χ0) is 12.3. The summed E-state index contributed by atoms with van der Waals surface area (Å²) in [6.45, 7) is 2.27. The molecule has 2 nitrogen and oxygen atoms in total. The summed E-state index contributed by atoms with van der Waals surface area (Å²) >= 11 is 0. The zero-order valence-electron chi connectivity index (χ0n) is 9.46. The van der Waals surface area contributed by atoms with Gasteiger partial charge in [-0.15, -0.1) is 0 Å². The summed E-state index contributed by atoms with van der Waals surface area (Å²) < 4.78 is 28.6. The number of ketones is 1. The molecule has 0 amide bonds.